The lowest BCUT2D eigenvalue weighted by atomic mass is 10.1. The topological polar surface area (TPSA) is 42.0 Å². The molecule has 0 bridgehead atoms. The van der Waals surface area contributed by atoms with E-state index in [-0.39, 0.29) is 5.91 Å². The summed E-state index contributed by atoms with van der Waals surface area (Å²) in [4.78, 5) is 17.2. The molecular weight excluding hydrogens is 244 g/mol. The van der Waals surface area contributed by atoms with Gasteiger partial charge in [0, 0.05) is 11.4 Å². The van der Waals surface area contributed by atoms with E-state index in [0.29, 0.717) is 11.6 Å². The summed E-state index contributed by atoms with van der Waals surface area (Å²) in [5, 5.41) is 3.43. The molecule has 1 N–H and O–H groups in total. The van der Waals surface area contributed by atoms with Crippen LogP contribution in [0.15, 0.2) is 24.3 Å². The Balaban J connectivity index is 2.00. The number of carbonyl (C=O) groups excluding carboxylic acids is 1. The van der Waals surface area contributed by atoms with Crippen molar-refractivity contribution in [1.82, 2.24) is 10.3 Å². The standard InChI is InChI=1S/C14H16N2OS/c1-9-5-4-6-12(7-9)8-15-13(17)14-16-10(2)11(3)18-14/h4-7H,8H2,1-3H3,(H,15,17). The molecule has 4 heteroatoms. The molecule has 94 valence electrons. The van der Waals surface area contributed by atoms with Crippen LogP contribution >= 0.6 is 11.3 Å². The first-order chi connectivity index (χ1) is 8.56. The van der Waals surface area contributed by atoms with E-state index in [2.05, 4.69) is 16.4 Å². The molecule has 0 unspecified atom stereocenters. The Kier molecular flexibility index (Phi) is 3.77. The first kappa shape index (κ1) is 12.8. The third-order valence-corrected chi connectivity index (χ3v) is 3.83. The fourth-order valence-electron chi connectivity index (χ4n) is 1.65. The molecule has 0 saturated carbocycles. The second-order valence-electron chi connectivity index (χ2n) is 4.33. The Morgan fingerprint density at radius 3 is 2.72 bits per heavy atom. The van der Waals surface area contributed by atoms with Crippen molar-refractivity contribution in [2.75, 3.05) is 0 Å². The van der Waals surface area contributed by atoms with Crippen molar-refractivity contribution in [1.29, 1.82) is 0 Å². The zero-order chi connectivity index (χ0) is 13.1. The molecule has 0 radical (unpaired) electrons. The van der Waals surface area contributed by atoms with Gasteiger partial charge in [-0.3, -0.25) is 4.79 Å². The summed E-state index contributed by atoms with van der Waals surface area (Å²) in [6.07, 6.45) is 0. The van der Waals surface area contributed by atoms with Gasteiger partial charge in [-0.25, -0.2) is 4.98 Å². The number of thiazole rings is 1. The minimum atomic E-state index is -0.0993. The van der Waals surface area contributed by atoms with Gasteiger partial charge in [-0.05, 0) is 26.3 Å². The van der Waals surface area contributed by atoms with Gasteiger partial charge in [-0.2, -0.15) is 0 Å². The van der Waals surface area contributed by atoms with Crippen LogP contribution in [-0.4, -0.2) is 10.9 Å². The van der Waals surface area contributed by atoms with E-state index in [1.807, 2.05) is 39.0 Å². The highest BCUT2D eigenvalue weighted by Gasteiger charge is 2.11. The summed E-state index contributed by atoms with van der Waals surface area (Å²) in [5.74, 6) is -0.0993. The predicted molar refractivity (Wildman–Crippen MR) is 73.9 cm³/mol. The van der Waals surface area contributed by atoms with E-state index in [1.165, 1.54) is 16.9 Å². The Hall–Kier alpha value is -1.68. The van der Waals surface area contributed by atoms with Gasteiger partial charge in [0.25, 0.3) is 5.91 Å². The molecule has 2 rings (SSSR count). The third kappa shape index (κ3) is 2.96. The molecule has 1 heterocycles. The van der Waals surface area contributed by atoms with Crippen LogP contribution < -0.4 is 5.32 Å². The summed E-state index contributed by atoms with van der Waals surface area (Å²) < 4.78 is 0. The molecule has 1 amide bonds. The Morgan fingerprint density at radius 2 is 2.11 bits per heavy atom. The minimum absolute atomic E-state index is 0.0993. The molecule has 1 aromatic carbocycles. The van der Waals surface area contributed by atoms with Crippen molar-refractivity contribution in [3.8, 4) is 0 Å². The van der Waals surface area contributed by atoms with Crippen LogP contribution in [0.25, 0.3) is 0 Å². The van der Waals surface area contributed by atoms with Gasteiger partial charge < -0.3 is 5.32 Å². The highest BCUT2D eigenvalue weighted by Crippen LogP contribution is 2.16. The normalized spacial score (nSPS) is 10.4. The van der Waals surface area contributed by atoms with Gasteiger partial charge in [0.2, 0.25) is 0 Å². The fourth-order valence-corrected chi connectivity index (χ4v) is 2.48. The van der Waals surface area contributed by atoms with Gasteiger partial charge in [-0.15, -0.1) is 11.3 Å². The summed E-state index contributed by atoms with van der Waals surface area (Å²) in [5.41, 5.74) is 3.23. The Morgan fingerprint density at radius 1 is 1.33 bits per heavy atom. The zero-order valence-corrected chi connectivity index (χ0v) is 11.6. The van der Waals surface area contributed by atoms with E-state index < -0.39 is 0 Å². The van der Waals surface area contributed by atoms with Crippen LogP contribution in [0.3, 0.4) is 0 Å². The van der Waals surface area contributed by atoms with Crippen LogP contribution in [0.1, 0.15) is 31.5 Å². The molecule has 0 fully saturated rings. The second kappa shape index (κ2) is 5.31. The lowest BCUT2D eigenvalue weighted by Gasteiger charge is -2.04. The number of carbonyl (C=O) groups is 1. The van der Waals surface area contributed by atoms with Crippen LogP contribution in [0, 0.1) is 20.8 Å². The average Bonchev–Trinajstić information content (AvgIpc) is 2.67. The van der Waals surface area contributed by atoms with Gasteiger partial charge in [-0.1, -0.05) is 29.8 Å². The van der Waals surface area contributed by atoms with Crippen molar-refractivity contribution < 1.29 is 4.79 Å². The highest BCUT2D eigenvalue weighted by molar-refractivity contribution is 7.13. The predicted octanol–water partition coefficient (Wildman–Crippen LogP) is 3.00. The van der Waals surface area contributed by atoms with E-state index in [1.54, 1.807) is 0 Å². The van der Waals surface area contributed by atoms with Crippen LogP contribution in [0.4, 0.5) is 0 Å². The van der Waals surface area contributed by atoms with Crippen LogP contribution in [-0.2, 0) is 6.54 Å². The Labute approximate surface area is 111 Å². The second-order valence-corrected chi connectivity index (χ2v) is 5.54. The molecule has 0 aliphatic heterocycles. The smallest absolute Gasteiger partial charge is 0.280 e. The quantitative estimate of drug-likeness (QED) is 0.921. The molecule has 0 saturated heterocycles. The summed E-state index contributed by atoms with van der Waals surface area (Å²) in [6, 6.07) is 8.11. The van der Waals surface area contributed by atoms with Crippen LogP contribution in [0.2, 0.25) is 0 Å². The van der Waals surface area contributed by atoms with E-state index in [9.17, 15) is 4.79 Å². The highest BCUT2D eigenvalue weighted by atomic mass is 32.1. The van der Waals surface area contributed by atoms with Crippen LogP contribution in [0.5, 0.6) is 0 Å². The first-order valence-electron chi connectivity index (χ1n) is 5.84. The van der Waals surface area contributed by atoms with Crippen molar-refractivity contribution in [3.63, 3.8) is 0 Å². The number of hydrogen-bond donors (Lipinski definition) is 1. The van der Waals surface area contributed by atoms with Crippen molar-refractivity contribution in [3.05, 3.63) is 51.0 Å². The number of hydrogen-bond acceptors (Lipinski definition) is 3. The number of amides is 1. The maximum atomic E-state index is 11.9. The van der Waals surface area contributed by atoms with Gasteiger partial charge >= 0.3 is 0 Å². The summed E-state index contributed by atoms with van der Waals surface area (Å²) in [6.45, 7) is 6.48. The summed E-state index contributed by atoms with van der Waals surface area (Å²) >= 11 is 1.44. The van der Waals surface area contributed by atoms with E-state index >= 15 is 0 Å². The number of benzene rings is 1. The van der Waals surface area contributed by atoms with Gasteiger partial charge in [0.15, 0.2) is 5.01 Å². The molecule has 0 aliphatic rings. The molecule has 0 aliphatic carbocycles. The number of nitrogens with zero attached hydrogens (tertiary/aromatic N) is 1. The Bertz CT molecular complexity index is 555. The molecule has 1 aromatic heterocycles. The number of nitrogens with one attached hydrogen (secondary N) is 1. The minimum Gasteiger partial charge on any atom is -0.346 e. The summed E-state index contributed by atoms with van der Waals surface area (Å²) in [7, 11) is 0. The van der Waals surface area contributed by atoms with E-state index in [0.717, 1.165) is 16.1 Å². The molecule has 0 spiro atoms. The monoisotopic (exact) mass is 260 g/mol. The zero-order valence-electron chi connectivity index (χ0n) is 10.8. The lowest BCUT2D eigenvalue weighted by molar-refractivity contribution is 0.0950. The number of aromatic nitrogens is 1. The molecule has 2 aromatic rings. The molecular formula is C14H16N2OS. The van der Waals surface area contributed by atoms with Crippen molar-refractivity contribution >= 4 is 17.2 Å². The fraction of sp³-hybridized carbons (Fsp3) is 0.286. The lowest BCUT2D eigenvalue weighted by Crippen LogP contribution is -2.22. The first-order valence-corrected chi connectivity index (χ1v) is 6.65. The molecule has 18 heavy (non-hydrogen) atoms. The maximum Gasteiger partial charge on any atom is 0.280 e. The van der Waals surface area contributed by atoms with Crippen molar-refractivity contribution in [2.45, 2.75) is 27.3 Å². The number of rotatable bonds is 3. The maximum absolute atomic E-state index is 11.9. The molecule has 3 nitrogen and oxygen atoms in total. The SMILES string of the molecule is Cc1cccc(CNC(=O)c2nc(C)c(C)s2)c1. The van der Waals surface area contributed by atoms with Crippen molar-refractivity contribution in [2.24, 2.45) is 0 Å². The van der Waals surface area contributed by atoms with E-state index in [4.69, 9.17) is 0 Å². The third-order valence-electron chi connectivity index (χ3n) is 2.76. The van der Waals surface area contributed by atoms with Gasteiger partial charge in [0.05, 0.1) is 5.69 Å². The molecule has 0 atom stereocenters. The number of aryl methyl sites for hydroxylation is 3. The largest absolute Gasteiger partial charge is 0.346 e. The average molecular weight is 260 g/mol. The van der Waals surface area contributed by atoms with Gasteiger partial charge in [0.1, 0.15) is 0 Å².